The maximum atomic E-state index is 9.88. The Hall–Kier alpha value is -1.10. The molecule has 3 N–H and O–H groups in total. The van der Waals surface area contributed by atoms with Crippen molar-refractivity contribution in [3.05, 3.63) is 0 Å². The quantitative estimate of drug-likeness (QED) is 0.538. The van der Waals surface area contributed by atoms with Crippen LogP contribution in [0.5, 0.6) is 0 Å². The molecule has 0 saturated carbocycles. The molecule has 10 heavy (non-hydrogen) atoms. The fourth-order valence-corrected chi connectivity index (χ4v) is 0.397. The van der Waals surface area contributed by atoms with Crippen LogP contribution in [0.15, 0.2) is 0 Å². The predicted octanol–water partition coefficient (Wildman–Crippen LogP) is -0.864. The number of nitrogens with two attached hydrogens (primary N) is 1. The lowest BCUT2D eigenvalue weighted by molar-refractivity contribution is -0.145. The number of carbonyl (C=O) groups is 2. The maximum Gasteiger partial charge on any atom is 0.372 e. The van der Waals surface area contributed by atoms with Gasteiger partial charge in [-0.1, -0.05) is 0 Å². The number of aliphatic carboxylic acids is 1. The van der Waals surface area contributed by atoms with E-state index in [0.717, 1.165) is 0 Å². The van der Waals surface area contributed by atoms with E-state index in [2.05, 4.69) is 0 Å². The molecule has 1 atom stereocenters. The van der Waals surface area contributed by atoms with Crippen LogP contribution in [0.25, 0.3) is 0 Å². The molecule has 0 fully saturated rings. The third-order valence-electron chi connectivity index (χ3n) is 0.972. The molecule has 0 aromatic carbocycles. The Kier molecular flexibility index (Phi) is 3.42. The highest BCUT2D eigenvalue weighted by molar-refractivity contribution is 5.74. The van der Waals surface area contributed by atoms with Crippen molar-refractivity contribution in [2.24, 2.45) is 5.73 Å². The SMILES string of the molecule is N[C@@H](CCC(=O)O)C([O])=O. The lowest BCUT2D eigenvalue weighted by atomic mass is 10.2. The van der Waals surface area contributed by atoms with Gasteiger partial charge in [-0.05, 0) is 6.42 Å². The number of carbonyl (C=O) groups excluding carboxylic acids is 1. The summed E-state index contributed by atoms with van der Waals surface area (Å²) in [6, 6.07) is -1.17. The lowest BCUT2D eigenvalue weighted by Crippen LogP contribution is -2.29. The molecule has 0 unspecified atom stereocenters. The molecule has 1 radical (unpaired) electrons. The monoisotopic (exact) mass is 146 g/mol. The van der Waals surface area contributed by atoms with Crippen LogP contribution in [0.4, 0.5) is 0 Å². The summed E-state index contributed by atoms with van der Waals surface area (Å²) in [6.07, 6.45) is -0.327. The number of rotatable bonds is 4. The molecule has 0 heterocycles. The molecule has 0 bridgehead atoms. The van der Waals surface area contributed by atoms with E-state index in [0.29, 0.717) is 0 Å². The van der Waals surface area contributed by atoms with Crippen molar-refractivity contribution >= 4 is 11.9 Å². The van der Waals surface area contributed by atoms with Gasteiger partial charge in [-0.25, -0.2) is 9.90 Å². The molecular weight excluding hydrogens is 138 g/mol. The summed E-state index contributed by atoms with van der Waals surface area (Å²) < 4.78 is 0. The molecule has 0 aromatic heterocycles. The minimum Gasteiger partial charge on any atom is -0.481 e. The zero-order valence-corrected chi connectivity index (χ0v) is 5.24. The largest absolute Gasteiger partial charge is 0.481 e. The zero-order valence-electron chi connectivity index (χ0n) is 5.24. The van der Waals surface area contributed by atoms with Gasteiger partial charge in [-0.3, -0.25) is 4.79 Å². The first-order valence-electron chi connectivity index (χ1n) is 2.72. The summed E-state index contributed by atoms with van der Waals surface area (Å²) in [5.41, 5.74) is 4.94. The van der Waals surface area contributed by atoms with Crippen LogP contribution in [0.1, 0.15) is 12.8 Å². The van der Waals surface area contributed by atoms with Crippen molar-refractivity contribution in [2.75, 3.05) is 0 Å². The van der Waals surface area contributed by atoms with Gasteiger partial charge in [-0.15, -0.1) is 0 Å². The maximum absolute atomic E-state index is 9.88. The van der Waals surface area contributed by atoms with E-state index in [1.165, 1.54) is 0 Å². The summed E-state index contributed by atoms with van der Waals surface area (Å²) in [5, 5.41) is 18.0. The molecule has 0 rings (SSSR count). The zero-order chi connectivity index (χ0) is 8.15. The van der Waals surface area contributed by atoms with Gasteiger partial charge in [0.15, 0.2) is 0 Å². The second-order valence-corrected chi connectivity index (χ2v) is 1.86. The van der Waals surface area contributed by atoms with Gasteiger partial charge in [-0.2, -0.15) is 0 Å². The van der Waals surface area contributed by atoms with Crippen LogP contribution >= 0.6 is 0 Å². The van der Waals surface area contributed by atoms with E-state index in [-0.39, 0.29) is 12.8 Å². The number of carboxylic acids is 1. The van der Waals surface area contributed by atoms with Crippen molar-refractivity contribution in [2.45, 2.75) is 18.9 Å². The summed E-state index contributed by atoms with van der Waals surface area (Å²) >= 11 is 0. The molecular formula is C5H8NO4. The van der Waals surface area contributed by atoms with E-state index < -0.39 is 18.0 Å². The molecule has 0 aliphatic heterocycles. The summed E-state index contributed by atoms with van der Waals surface area (Å²) in [5.74, 6) is -2.47. The van der Waals surface area contributed by atoms with Crippen molar-refractivity contribution in [3.8, 4) is 0 Å². The van der Waals surface area contributed by atoms with E-state index in [1.54, 1.807) is 0 Å². The second-order valence-electron chi connectivity index (χ2n) is 1.86. The molecule has 0 aromatic rings. The normalized spacial score (nSPS) is 12.5. The van der Waals surface area contributed by atoms with E-state index in [1.807, 2.05) is 0 Å². The highest BCUT2D eigenvalue weighted by atomic mass is 16.4. The first kappa shape index (κ1) is 8.90. The highest BCUT2D eigenvalue weighted by Crippen LogP contribution is 1.93. The third-order valence-corrected chi connectivity index (χ3v) is 0.972. The predicted molar refractivity (Wildman–Crippen MR) is 30.5 cm³/mol. The van der Waals surface area contributed by atoms with Gasteiger partial charge >= 0.3 is 11.9 Å². The second kappa shape index (κ2) is 3.84. The van der Waals surface area contributed by atoms with E-state index >= 15 is 0 Å². The van der Waals surface area contributed by atoms with Crippen molar-refractivity contribution < 1.29 is 19.8 Å². The first-order chi connectivity index (χ1) is 4.54. The van der Waals surface area contributed by atoms with Crippen molar-refractivity contribution in [3.63, 3.8) is 0 Å². The van der Waals surface area contributed by atoms with Crippen molar-refractivity contribution in [1.82, 2.24) is 0 Å². The Morgan fingerprint density at radius 3 is 2.30 bits per heavy atom. The molecule has 0 spiro atoms. The number of hydrogen-bond acceptors (Lipinski definition) is 3. The van der Waals surface area contributed by atoms with E-state index in [4.69, 9.17) is 10.8 Å². The Morgan fingerprint density at radius 2 is 2.00 bits per heavy atom. The van der Waals surface area contributed by atoms with Crippen LogP contribution in [-0.2, 0) is 14.7 Å². The lowest BCUT2D eigenvalue weighted by Gasteiger charge is -1.99. The molecule has 5 nitrogen and oxygen atoms in total. The van der Waals surface area contributed by atoms with Crippen molar-refractivity contribution in [1.29, 1.82) is 0 Å². The van der Waals surface area contributed by atoms with Gasteiger partial charge in [0, 0.05) is 6.42 Å². The average molecular weight is 146 g/mol. The Labute approximate surface area is 57.5 Å². The Morgan fingerprint density at radius 1 is 1.50 bits per heavy atom. The highest BCUT2D eigenvalue weighted by Gasteiger charge is 2.14. The first-order valence-corrected chi connectivity index (χ1v) is 2.72. The minimum absolute atomic E-state index is 0.0856. The van der Waals surface area contributed by atoms with Gasteiger partial charge in [0.25, 0.3) is 0 Å². The van der Waals surface area contributed by atoms with Crippen LogP contribution in [0.2, 0.25) is 0 Å². The van der Waals surface area contributed by atoms with Crippen LogP contribution < -0.4 is 5.73 Å². The fraction of sp³-hybridized carbons (Fsp3) is 0.600. The standard InChI is InChI=1S/C5H8NO4/c6-3(5(9)10)1-2-4(7)8/h3H,1-2,6H2,(H,7,8)/t3-/m0/s1. The topological polar surface area (TPSA) is 100 Å². The molecule has 0 aliphatic rings. The number of hydrogen-bond donors (Lipinski definition) is 2. The average Bonchev–Trinajstić information content (AvgIpc) is 1.82. The smallest absolute Gasteiger partial charge is 0.372 e. The van der Waals surface area contributed by atoms with E-state index in [9.17, 15) is 14.7 Å². The molecule has 57 valence electrons. The van der Waals surface area contributed by atoms with Gasteiger partial charge in [0.2, 0.25) is 0 Å². The van der Waals surface area contributed by atoms with Crippen LogP contribution in [0.3, 0.4) is 0 Å². The molecule has 5 heteroatoms. The summed E-state index contributed by atoms with van der Waals surface area (Å²) in [7, 11) is 0. The van der Waals surface area contributed by atoms with Crippen LogP contribution in [-0.4, -0.2) is 23.1 Å². The van der Waals surface area contributed by atoms with Gasteiger partial charge in [0.1, 0.15) is 6.04 Å². The Balaban J connectivity index is 3.49. The minimum atomic E-state index is -1.42. The number of carboxylic acid groups (broad SMARTS) is 1. The summed E-state index contributed by atoms with van der Waals surface area (Å²) in [4.78, 5) is 19.7. The molecule has 0 amide bonds. The fourth-order valence-electron chi connectivity index (χ4n) is 0.397. The van der Waals surface area contributed by atoms with Crippen LogP contribution in [0, 0.1) is 0 Å². The van der Waals surface area contributed by atoms with Gasteiger partial charge < -0.3 is 10.8 Å². The van der Waals surface area contributed by atoms with Gasteiger partial charge in [0.05, 0.1) is 0 Å². The molecule has 0 aliphatic carbocycles. The Bertz CT molecular complexity index is 145. The third kappa shape index (κ3) is 3.85. The summed E-state index contributed by atoms with van der Waals surface area (Å²) in [6.45, 7) is 0. The molecule has 0 saturated heterocycles.